The van der Waals surface area contributed by atoms with E-state index in [1.165, 1.54) is 7.11 Å². The molecule has 0 aromatic carbocycles. The number of nitrogens with zero attached hydrogens (tertiary/aromatic N) is 3. The SMILES string of the molecule is C=C(OCC(F)(F)F)N(Cl)c1sc(-c2cccnc2)nc1OC. The summed E-state index contributed by atoms with van der Waals surface area (Å²) in [4.78, 5) is 8.20. The van der Waals surface area contributed by atoms with Crippen molar-refractivity contribution in [2.45, 2.75) is 6.18 Å². The van der Waals surface area contributed by atoms with E-state index in [-0.39, 0.29) is 16.8 Å². The molecule has 0 N–H and O–H groups in total. The molecule has 0 saturated carbocycles. The molecule has 0 aliphatic heterocycles. The van der Waals surface area contributed by atoms with Crippen LogP contribution in [0.1, 0.15) is 0 Å². The van der Waals surface area contributed by atoms with Crippen LogP contribution in [0.15, 0.2) is 37.0 Å². The topological polar surface area (TPSA) is 47.5 Å². The van der Waals surface area contributed by atoms with Crippen molar-refractivity contribution in [2.75, 3.05) is 18.1 Å². The first-order valence-corrected chi connectivity index (χ1v) is 7.27. The van der Waals surface area contributed by atoms with Crippen molar-refractivity contribution in [3.8, 4) is 16.5 Å². The molecule has 2 heterocycles. The summed E-state index contributed by atoms with van der Waals surface area (Å²) in [6.07, 6.45) is -1.29. The van der Waals surface area contributed by atoms with E-state index < -0.39 is 12.8 Å². The molecule has 0 spiro atoms. The summed E-state index contributed by atoms with van der Waals surface area (Å²) >= 11 is 7.09. The third-order valence-electron chi connectivity index (χ3n) is 2.48. The number of anilines is 1. The number of rotatable bonds is 6. The molecule has 0 fully saturated rings. The molecule has 0 radical (unpaired) electrons. The average molecular weight is 366 g/mol. The largest absolute Gasteiger partial charge is 0.479 e. The summed E-state index contributed by atoms with van der Waals surface area (Å²) in [6, 6.07) is 3.51. The van der Waals surface area contributed by atoms with Gasteiger partial charge in [0.15, 0.2) is 11.6 Å². The Morgan fingerprint density at radius 2 is 2.22 bits per heavy atom. The number of pyridine rings is 1. The summed E-state index contributed by atoms with van der Waals surface area (Å²) in [7, 11) is 1.37. The summed E-state index contributed by atoms with van der Waals surface area (Å²) in [6.45, 7) is 1.88. The van der Waals surface area contributed by atoms with E-state index in [0.717, 1.165) is 15.8 Å². The van der Waals surface area contributed by atoms with Crippen molar-refractivity contribution >= 4 is 28.1 Å². The Hall–Kier alpha value is -2.00. The molecule has 2 aromatic heterocycles. The molecule has 0 bridgehead atoms. The highest BCUT2D eigenvalue weighted by atomic mass is 35.5. The molecule has 2 aromatic rings. The second-order valence-electron chi connectivity index (χ2n) is 4.15. The lowest BCUT2D eigenvalue weighted by Crippen LogP contribution is -2.20. The number of hydrogen-bond donors (Lipinski definition) is 0. The maximum absolute atomic E-state index is 12.2. The first-order valence-electron chi connectivity index (χ1n) is 6.11. The second-order valence-corrected chi connectivity index (χ2v) is 5.47. The zero-order valence-corrected chi connectivity index (χ0v) is 13.4. The molecule has 2 rings (SSSR count). The molecule has 0 aliphatic carbocycles. The van der Waals surface area contributed by atoms with E-state index in [1.807, 2.05) is 0 Å². The van der Waals surface area contributed by atoms with Crippen LogP contribution in [0.25, 0.3) is 10.6 Å². The molecular weight excluding hydrogens is 355 g/mol. The highest BCUT2D eigenvalue weighted by Crippen LogP contribution is 2.41. The lowest BCUT2D eigenvalue weighted by Gasteiger charge is -2.18. The third-order valence-corrected chi connectivity index (χ3v) is 4.01. The molecule has 0 saturated heterocycles. The summed E-state index contributed by atoms with van der Waals surface area (Å²) < 4.78 is 47.0. The van der Waals surface area contributed by atoms with E-state index in [9.17, 15) is 13.2 Å². The van der Waals surface area contributed by atoms with Gasteiger partial charge < -0.3 is 9.47 Å². The number of aromatic nitrogens is 2. The van der Waals surface area contributed by atoms with Crippen molar-refractivity contribution in [3.63, 3.8) is 0 Å². The molecule has 0 aliphatic rings. The van der Waals surface area contributed by atoms with Gasteiger partial charge in [-0.05, 0) is 18.7 Å². The van der Waals surface area contributed by atoms with Crippen LogP contribution >= 0.6 is 23.1 Å². The molecule has 124 valence electrons. The molecule has 0 unspecified atom stereocenters. The number of thiazole rings is 1. The van der Waals surface area contributed by atoms with E-state index in [4.69, 9.17) is 16.5 Å². The number of ether oxygens (including phenoxy) is 2. The van der Waals surface area contributed by atoms with E-state index >= 15 is 0 Å². The van der Waals surface area contributed by atoms with Crippen molar-refractivity contribution in [1.82, 2.24) is 9.97 Å². The fraction of sp³-hybridized carbons (Fsp3) is 0.231. The van der Waals surface area contributed by atoms with Gasteiger partial charge in [-0.25, -0.2) is 4.42 Å². The third kappa shape index (κ3) is 4.49. The molecular formula is C13H11ClF3N3O2S. The molecule has 0 atom stereocenters. The highest BCUT2D eigenvalue weighted by molar-refractivity contribution is 7.19. The fourth-order valence-corrected chi connectivity index (χ4v) is 2.68. The number of halogens is 4. The monoisotopic (exact) mass is 365 g/mol. The van der Waals surface area contributed by atoms with Crippen LogP contribution in [0.2, 0.25) is 0 Å². The minimum absolute atomic E-state index is 0.139. The van der Waals surface area contributed by atoms with Crippen LogP contribution in [-0.4, -0.2) is 29.9 Å². The van der Waals surface area contributed by atoms with E-state index in [2.05, 4.69) is 21.3 Å². The number of methoxy groups -OCH3 is 1. The van der Waals surface area contributed by atoms with Crippen LogP contribution in [0.4, 0.5) is 18.2 Å². The van der Waals surface area contributed by atoms with E-state index in [1.54, 1.807) is 24.5 Å². The molecule has 5 nitrogen and oxygen atoms in total. The maximum Gasteiger partial charge on any atom is 0.422 e. The predicted octanol–water partition coefficient (Wildman–Crippen LogP) is 4.22. The van der Waals surface area contributed by atoms with Gasteiger partial charge in [0.2, 0.25) is 5.88 Å². The fourth-order valence-electron chi connectivity index (χ4n) is 1.50. The zero-order chi connectivity index (χ0) is 17.0. The minimum Gasteiger partial charge on any atom is -0.479 e. The van der Waals surface area contributed by atoms with Gasteiger partial charge in [0, 0.05) is 29.7 Å². The Kier molecular flexibility index (Phi) is 5.32. The van der Waals surface area contributed by atoms with Gasteiger partial charge in [-0.15, -0.1) is 0 Å². The Bertz CT molecular complexity index is 679. The van der Waals surface area contributed by atoms with Crippen LogP contribution in [0, 0.1) is 0 Å². The normalized spacial score (nSPS) is 11.2. The quantitative estimate of drug-likeness (QED) is 0.566. The van der Waals surface area contributed by atoms with Gasteiger partial charge >= 0.3 is 6.18 Å². The summed E-state index contributed by atoms with van der Waals surface area (Å²) in [5.41, 5.74) is 0.717. The Labute approximate surface area is 139 Å². The highest BCUT2D eigenvalue weighted by Gasteiger charge is 2.30. The van der Waals surface area contributed by atoms with Crippen LogP contribution in [0.5, 0.6) is 5.88 Å². The standard InChI is InChI=1S/C13H11ClF3N3O2S/c1-8(22-7-13(15,16)17)20(14)12-10(21-2)19-11(23-12)9-4-3-5-18-6-9/h3-6H,1,7H2,2H3. The van der Waals surface area contributed by atoms with Crippen molar-refractivity contribution < 1.29 is 22.6 Å². The van der Waals surface area contributed by atoms with Gasteiger partial charge in [-0.2, -0.15) is 18.2 Å². The lowest BCUT2D eigenvalue weighted by molar-refractivity contribution is -0.164. The Morgan fingerprint density at radius 1 is 1.48 bits per heavy atom. The van der Waals surface area contributed by atoms with Gasteiger partial charge in [0.25, 0.3) is 5.88 Å². The molecule has 10 heteroatoms. The molecule has 0 amide bonds. The van der Waals surface area contributed by atoms with Gasteiger partial charge in [0.1, 0.15) is 5.01 Å². The van der Waals surface area contributed by atoms with Gasteiger partial charge in [-0.3, -0.25) is 4.98 Å². The smallest absolute Gasteiger partial charge is 0.422 e. The first-order chi connectivity index (χ1) is 10.8. The summed E-state index contributed by atoms with van der Waals surface area (Å²) in [5.74, 6) is -0.246. The second kappa shape index (κ2) is 7.05. The number of hydrogen-bond acceptors (Lipinski definition) is 6. The average Bonchev–Trinajstić information content (AvgIpc) is 2.96. The maximum atomic E-state index is 12.2. The van der Waals surface area contributed by atoms with Crippen molar-refractivity contribution in [2.24, 2.45) is 0 Å². The Balaban J connectivity index is 2.21. The molecule has 23 heavy (non-hydrogen) atoms. The van der Waals surface area contributed by atoms with Crippen molar-refractivity contribution in [1.29, 1.82) is 0 Å². The predicted molar refractivity (Wildman–Crippen MR) is 81.4 cm³/mol. The Morgan fingerprint density at radius 3 is 2.78 bits per heavy atom. The van der Waals surface area contributed by atoms with Crippen LogP contribution in [0.3, 0.4) is 0 Å². The van der Waals surface area contributed by atoms with Gasteiger partial charge in [-0.1, -0.05) is 11.3 Å². The summed E-state index contributed by atoms with van der Waals surface area (Å²) in [5, 5.41) is 0.791. The minimum atomic E-state index is -4.49. The zero-order valence-electron chi connectivity index (χ0n) is 11.8. The van der Waals surface area contributed by atoms with Gasteiger partial charge in [0.05, 0.1) is 7.11 Å². The van der Waals surface area contributed by atoms with Crippen LogP contribution < -0.4 is 9.16 Å². The van der Waals surface area contributed by atoms with E-state index in [0.29, 0.717) is 10.6 Å². The van der Waals surface area contributed by atoms with Crippen LogP contribution in [-0.2, 0) is 4.74 Å². The number of alkyl halides is 3. The lowest BCUT2D eigenvalue weighted by atomic mass is 10.3. The van der Waals surface area contributed by atoms with Crippen molar-refractivity contribution in [3.05, 3.63) is 37.0 Å². The first kappa shape index (κ1) is 17.4.